The SMILES string of the molecule is c1ccc(-c2ccc(-c3cccc4c3c3ccc(N(c5ccc(-c6ccccc6)cc5)c5ccc(-c6ccccc6)cc5)cc3n4-c3ccccc3)cc2)cc1. The molecule has 0 aliphatic carbocycles. The van der Waals surface area contributed by atoms with Gasteiger partial charge in [-0.05, 0) is 99.1 Å². The molecule has 0 amide bonds. The monoisotopic (exact) mass is 714 g/mol. The number of nitrogens with zero attached hydrogens (tertiary/aromatic N) is 2. The summed E-state index contributed by atoms with van der Waals surface area (Å²) in [6.45, 7) is 0. The molecule has 0 unspecified atom stereocenters. The van der Waals surface area contributed by atoms with Crippen LogP contribution >= 0.6 is 0 Å². The molecule has 0 N–H and O–H groups in total. The molecular weight excluding hydrogens is 677 g/mol. The second-order valence-corrected chi connectivity index (χ2v) is 14.2. The van der Waals surface area contributed by atoms with Crippen molar-refractivity contribution in [2.45, 2.75) is 0 Å². The first kappa shape index (κ1) is 33.2. The van der Waals surface area contributed by atoms with E-state index in [1.54, 1.807) is 0 Å². The van der Waals surface area contributed by atoms with Gasteiger partial charge in [-0.1, -0.05) is 176 Å². The summed E-state index contributed by atoms with van der Waals surface area (Å²) >= 11 is 0. The molecule has 0 atom stereocenters. The largest absolute Gasteiger partial charge is 0.310 e. The highest BCUT2D eigenvalue weighted by Gasteiger charge is 2.20. The number of fused-ring (bicyclic) bond motifs is 3. The van der Waals surface area contributed by atoms with Gasteiger partial charge in [0.1, 0.15) is 0 Å². The van der Waals surface area contributed by atoms with E-state index in [1.807, 2.05) is 0 Å². The molecule has 9 aromatic carbocycles. The average Bonchev–Trinajstić information content (AvgIpc) is 3.62. The molecule has 0 saturated carbocycles. The lowest BCUT2D eigenvalue weighted by Crippen LogP contribution is -2.10. The lowest BCUT2D eigenvalue weighted by Gasteiger charge is -2.26. The zero-order valence-corrected chi connectivity index (χ0v) is 30.8. The van der Waals surface area contributed by atoms with Gasteiger partial charge in [0.25, 0.3) is 0 Å². The van der Waals surface area contributed by atoms with Gasteiger partial charge in [-0.15, -0.1) is 0 Å². The molecule has 0 fully saturated rings. The van der Waals surface area contributed by atoms with Crippen LogP contribution in [-0.2, 0) is 0 Å². The average molecular weight is 715 g/mol. The predicted octanol–water partition coefficient (Wildman–Crippen LogP) is 14.9. The van der Waals surface area contributed by atoms with Crippen LogP contribution in [0.3, 0.4) is 0 Å². The van der Waals surface area contributed by atoms with Gasteiger partial charge < -0.3 is 9.47 Å². The zero-order valence-electron chi connectivity index (χ0n) is 30.8. The number of para-hydroxylation sites is 1. The third-order valence-corrected chi connectivity index (χ3v) is 10.8. The van der Waals surface area contributed by atoms with Crippen LogP contribution in [0.5, 0.6) is 0 Å². The Labute approximate surface area is 327 Å². The topological polar surface area (TPSA) is 8.17 Å². The molecule has 10 rings (SSSR count). The van der Waals surface area contributed by atoms with Crippen molar-refractivity contribution in [2.24, 2.45) is 0 Å². The lowest BCUT2D eigenvalue weighted by atomic mass is 9.97. The minimum Gasteiger partial charge on any atom is -0.310 e. The van der Waals surface area contributed by atoms with Crippen molar-refractivity contribution in [1.82, 2.24) is 4.57 Å². The van der Waals surface area contributed by atoms with E-state index in [2.05, 4.69) is 240 Å². The standard InChI is InChI=1S/C54H38N2/c1-5-14-39(15-6-1)42-24-26-45(27-25-42)50-22-13-23-52-54(50)51-37-36-49(38-53(51)56(52)46-20-11-4-12-21-46)55(47-32-28-43(29-33-47)40-16-7-2-8-17-40)48-34-30-44(31-35-48)41-18-9-3-10-19-41/h1-38H. The maximum absolute atomic E-state index is 2.42. The van der Waals surface area contributed by atoms with Gasteiger partial charge in [0.15, 0.2) is 0 Å². The molecule has 264 valence electrons. The Morgan fingerprint density at radius 1 is 0.286 bits per heavy atom. The minimum absolute atomic E-state index is 1.09. The first-order valence-electron chi connectivity index (χ1n) is 19.2. The summed E-state index contributed by atoms with van der Waals surface area (Å²) in [5, 5.41) is 2.46. The molecular formula is C54H38N2. The van der Waals surface area contributed by atoms with Crippen LogP contribution < -0.4 is 4.90 Å². The molecule has 0 spiro atoms. The molecule has 0 bridgehead atoms. The van der Waals surface area contributed by atoms with Gasteiger partial charge in [-0.3, -0.25) is 0 Å². The Kier molecular flexibility index (Phi) is 8.55. The van der Waals surface area contributed by atoms with Crippen LogP contribution in [0.4, 0.5) is 17.1 Å². The second-order valence-electron chi connectivity index (χ2n) is 14.2. The van der Waals surface area contributed by atoms with Gasteiger partial charge in [0.05, 0.1) is 11.0 Å². The van der Waals surface area contributed by atoms with Crippen molar-refractivity contribution in [1.29, 1.82) is 0 Å². The maximum atomic E-state index is 2.42. The third kappa shape index (κ3) is 6.14. The molecule has 0 aliphatic heterocycles. The van der Waals surface area contributed by atoms with Crippen LogP contribution in [0.1, 0.15) is 0 Å². The van der Waals surface area contributed by atoms with Crippen LogP contribution in [0.25, 0.3) is 72.0 Å². The van der Waals surface area contributed by atoms with E-state index < -0.39 is 0 Å². The Balaban J connectivity index is 1.15. The summed E-state index contributed by atoms with van der Waals surface area (Å²) in [4.78, 5) is 2.37. The highest BCUT2D eigenvalue weighted by Crippen LogP contribution is 2.43. The van der Waals surface area contributed by atoms with Crippen LogP contribution in [0.15, 0.2) is 231 Å². The predicted molar refractivity (Wildman–Crippen MR) is 237 cm³/mol. The van der Waals surface area contributed by atoms with E-state index in [0.29, 0.717) is 0 Å². The fraction of sp³-hybridized carbons (Fsp3) is 0. The fourth-order valence-electron chi connectivity index (χ4n) is 8.08. The normalized spacial score (nSPS) is 11.2. The highest BCUT2D eigenvalue weighted by molar-refractivity contribution is 6.16. The lowest BCUT2D eigenvalue weighted by molar-refractivity contribution is 1.18. The third-order valence-electron chi connectivity index (χ3n) is 10.8. The molecule has 0 saturated heterocycles. The molecule has 1 aromatic heterocycles. The highest BCUT2D eigenvalue weighted by atomic mass is 15.1. The molecule has 0 aliphatic rings. The number of aromatic nitrogens is 1. The van der Waals surface area contributed by atoms with Gasteiger partial charge in [0.2, 0.25) is 0 Å². The molecule has 56 heavy (non-hydrogen) atoms. The van der Waals surface area contributed by atoms with Crippen molar-refractivity contribution in [2.75, 3.05) is 4.90 Å². The number of hydrogen-bond acceptors (Lipinski definition) is 1. The summed E-state index contributed by atoms with van der Waals surface area (Å²) in [5.74, 6) is 0. The van der Waals surface area contributed by atoms with E-state index in [4.69, 9.17) is 0 Å². The van der Waals surface area contributed by atoms with Crippen LogP contribution in [0, 0.1) is 0 Å². The maximum Gasteiger partial charge on any atom is 0.0562 e. The first-order chi connectivity index (χ1) is 27.8. The zero-order chi connectivity index (χ0) is 37.3. The van der Waals surface area contributed by atoms with E-state index in [0.717, 1.165) is 28.3 Å². The second kappa shape index (κ2) is 14.4. The van der Waals surface area contributed by atoms with Gasteiger partial charge in [-0.2, -0.15) is 0 Å². The molecule has 0 radical (unpaired) electrons. The summed E-state index contributed by atoms with van der Waals surface area (Å²) in [6.07, 6.45) is 0. The van der Waals surface area contributed by atoms with E-state index in [1.165, 1.54) is 60.8 Å². The Morgan fingerprint density at radius 2 is 0.696 bits per heavy atom. The Morgan fingerprint density at radius 3 is 1.20 bits per heavy atom. The van der Waals surface area contributed by atoms with Gasteiger partial charge in [0, 0.05) is 33.5 Å². The summed E-state index contributed by atoms with van der Waals surface area (Å²) in [7, 11) is 0. The quantitative estimate of drug-likeness (QED) is 0.152. The Bertz CT molecular complexity index is 2810. The van der Waals surface area contributed by atoms with Crippen molar-refractivity contribution in [3.63, 3.8) is 0 Å². The molecule has 1 heterocycles. The van der Waals surface area contributed by atoms with Gasteiger partial charge >= 0.3 is 0 Å². The number of hydrogen-bond donors (Lipinski definition) is 0. The van der Waals surface area contributed by atoms with Crippen molar-refractivity contribution in [3.8, 4) is 50.2 Å². The summed E-state index contributed by atoms with van der Waals surface area (Å²) in [5.41, 5.74) is 16.4. The number of anilines is 3. The minimum atomic E-state index is 1.09. The smallest absolute Gasteiger partial charge is 0.0562 e. The van der Waals surface area contributed by atoms with E-state index in [-0.39, 0.29) is 0 Å². The van der Waals surface area contributed by atoms with Crippen molar-refractivity contribution < 1.29 is 0 Å². The van der Waals surface area contributed by atoms with Crippen molar-refractivity contribution >= 4 is 38.9 Å². The van der Waals surface area contributed by atoms with Crippen LogP contribution in [-0.4, -0.2) is 4.57 Å². The van der Waals surface area contributed by atoms with Gasteiger partial charge in [-0.25, -0.2) is 0 Å². The molecule has 10 aromatic rings. The van der Waals surface area contributed by atoms with Crippen LogP contribution in [0.2, 0.25) is 0 Å². The van der Waals surface area contributed by atoms with E-state index in [9.17, 15) is 0 Å². The summed E-state index contributed by atoms with van der Waals surface area (Å²) < 4.78 is 2.42. The van der Waals surface area contributed by atoms with E-state index >= 15 is 0 Å². The number of benzene rings is 9. The van der Waals surface area contributed by atoms with Crippen molar-refractivity contribution in [3.05, 3.63) is 231 Å². The first-order valence-corrected chi connectivity index (χ1v) is 19.2. The molecule has 2 heteroatoms. The fourth-order valence-corrected chi connectivity index (χ4v) is 8.08. The summed E-state index contributed by atoms with van der Waals surface area (Å²) in [6, 6.07) is 83.0. The number of rotatable bonds is 8. The molecule has 2 nitrogen and oxygen atoms in total. The Hall–Kier alpha value is -7.42.